The third kappa shape index (κ3) is 4.10. The normalized spacial score (nSPS) is 26.0. The average Bonchev–Trinajstić information content (AvgIpc) is 2.03. The second kappa shape index (κ2) is 5.25. The second-order valence-electron chi connectivity index (χ2n) is 2.80. The van der Waals surface area contributed by atoms with Crippen LogP contribution >= 0.6 is 12.2 Å². The monoisotopic (exact) mass is 166 g/mol. The van der Waals surface area contributed by atoms with Crippen LogP contribution in [0.5, 0.6) is 0 Å². The molecule has 11 heavy (non-hydrogen) atoms. The second-order valence-corrected chi connectivity index (χ2v) is 3.38. The summed E-state index contributed by atoms with van der Waals surface area (Å²) >= 11 is 5.17. The molecule has 60 valence electrons. The van der Waals surface area contributed by atoms with Crippen LogP contribution in [-0.4, -0.2) is 4.86 Å². The summed E-state index contributed by atoms with van der Waals surface area (Å²) in [5.74, 6) is 0. The van der Waals surface area contributed by atoms with Gasteiger partial charge in [0.2, 0.25) is 0 Å². The summed E-state index contributed by atoms with van der Waals surface area (Å²) in [7, 11) is 0. The molecule has 0 heterocycles. The van der Waals surface area contributed by atoms with Gasteiger partial charge in [0.05, 0.1) is 0 Å². The summed E-state index contributed by atoms with van der Waals surface area (Å²) < 4.78 is 0. The lowest BCUT2D eigenvalue weighted by Crippen LogP contribution is -1.91. The maximum Gasteiger partial charge on any atom is -0.00308 e. The zero-order valence-electron chi connectivity index (χ0n) is 6.75. The standard InChI is InChI=1S/C10H14S/c11-10-8-6-4-2-1-3-5-7-9-10/h2,4-5,7H,1,3,6,8-9H2/b4-2-,7-5+. The van der Waals surface area contributed by atoms with Gasteiger partial charge in [-0.1, -0.05) is 36.5 Å². The van der Waals surface area contributed by atoms with Gasteiger partial charge in [-0.3, -0.25) is 0 Å². The zero-order valence-corrected chi connectivity index (χ0v) is 7.57. The summed E-state index contributed by atoms with van der Waals surface area (Å²) in [6.07, 6.45) is 14.5. The van der Waals surface area contributed by atoms with Gasteiger partial charge in [-0.05, 0) is 37.0 Å². The van der Waals surface area contributed by atoms with Crippen LogP contribution < -0.4 is 0 Å². The van der Waals surface area contributed by atoms with Gasteiger partial charge < -0.3 is 0 Å². The minimum Gasteiger partial charge on any atom is -0.0893 e. The highest BCUT2D eigenvalue weighted by molar-refractivity contribution is 7.80. The lowest BCUT2D eigenvalue weighted by Gasteiger charge is -1.98. The van der Waals surface area contributed by atoms with E-state index in [2.05, 4.69) is 24.3 Å². The average molecular weight is 166 g/mol. The van der Waals surface area contributed by atoms with Crippen LogP contribution in [0.3, 0.4) is 0 Å². The van der Waals surface area contributed by atoms with E-state index in [0.29, 0.717) is 0 Å². The Balaban J connectivity index is 2.40. The van der Waals surface area contributed by atoms with Gasteiger partial charge in [0.15, 0.2) is 0 Å². The topological polar surface area (TPSA) is 0 Å². The summed E-state index contributed by atoms with van der Waals surface area (Å²) in [5, 5.41) is 0. The quantitative estimate of drug-likeness (QED) is 0.392. The third-order valence-electron chi connectivity index (χ3n) is 1.77. The van der Waals surface area contributed by atoms with Crippen LogP contribution in [0.4, 0.5) is 0 Å². The van der Waals surface area contributed by atoms with E-state index in [1.54, 1.807) is 0 Å². The fraction of sp³-hybridized carbons (Fsp3) is 0.500. The van der Waals surface area contributed by atoms with Gasteiger partial charge >= 0.3 is 0 Å². The maximum absolute atomic E-state index is 5.17. The van der Waals surface area contributed by atoms with E-state index in [9.17, 15) is 0 Å². The summed E-state index contributed by atoms with van der Waals surface area (Å²) in [4.78, 5) is 1.19. The minimum atomic E-state index is 1.00. The molecule has 0 fully saturated rings. The van der Waals surface area contributed by atoms with E-state index in [0.717, 1.165) is 19.3 Å². The number of allylic oxidation sites excluding steroid dienone is 4. The molecule has 0 aromatic heterocycles. The number of rotatable bonds is 0. The maximum atomic E-state index is 5.17. The van der Waals surface area contributed by atoms with Crippen molar-refractivity contribution in [2.75, 3.05) is 0 Å². The van der Waals surface area contributed by atoms with Crippen molar-refractivity contribution in [1.82, 2.24) is 0 Å². The van der Waals surface area contributed by atoms with Crippen LogP contribution in [0.15, 0.2) is 24.3 Å². The first-order chi connectivity index (χ1) is 5.39. The van der Waals surface area contributed by atoms with Crippen molar-refractivity contribution in [2.45, 2.75) is 32.1 Å². The van der Waals surface area contributed by atoms with Crippen LogP contribution in [0.1, 0.15) is 32.1 Å². The van der Waals surface area contributed by atoms with Gasteiger partial charge in [0.25, 0.3) is 0 Å². The largest absolute Gasteiger partial charge is 0.0893 e. The van der Waals surface area contributed by atoms with Crippen molar-refractivity contribution in [3.63, 3.8) is 0 Å². The van der Waals surface area contributed by atoms with E-state index in [-0.39, 0.29) is 0 Å². The Labute approximate surface area is 74.0 Å². The van der Waals surface area contributed by atoms with Crippen molar-refractivity contribution in [2.24, 2.45) is 0 Å². The van der Waals surface area contributed by atoms with Crippen molar-refractivity contribution in [3.8, 4) is 0 Å². The Hall–Kier alpha value is -0.430. The lowest BCUT2D eigenvalue weighted by molar-refractivity contribution is 1.00. The molecule has 0 bridgehead atoms. The molecule has 0 aromatic rings. The molecule has 1 aliphatic carbocycles. The lowest BCUT2D eigenvalue weighted by atomic mass is 10.1. The number of hydrogen-bond donors (Lipinski definition) is 0. The SMILES string of the molecule is S=C1C/C=C/CC/C=C\CC1. The molecule has 1 heteroatoms. The first-order valence-electron chi connectivity index (χ1n) is 4.21. The van der Waals surface area contributed by atoms with Crippen LogP contribution in [0.25, 0.3) is 0 Å². The van der Waals surface area contributed by atoms with E-state index in [1.165, 1.54) is 17.7 Å². The van der Waals surface area contributed by atoms with Gasteiger partial charge in [0.1, 0.15) is 0 Å². The fourth-order valence-corrected chi connectivity index (χ4v) is 1.32. The Morgan fingerprint density at radius 3 is 2.36 bits per heavy atom. The van der Waals surface area contributed by atoms with Crippen molar-refractivity contribution in [1.29, 1.82) is 0 Å². The van der Waals surface area contributed by atoms with Gasteiger partial charge in [-0.2, -0.15) is 0 Å². The van der Waals surface area contributed by atoms with Crippen molar-refractivity contribution < 1.29 is 0 Å². The highest BCUT2D eigenvalue weighted by Gasteiger charge is 1.92. The highest BCUT2D eigenvalue weighted by atomic mass is 32.1. The van der Waals surface area contributed by atoms with Crippen LogP contribution in [-0.2, 0) is 0 Å². The van der Waals surface area contributed by atoms with Crippen LogP contribution in [0, 0.1) is 0 Å². The zero-order chi connectivity index (χ0) is 7.94. The molecule has 0 saturated heterocycles. The molecule has 0 N–H and O–H groups in total. The first kappa shape index (κ1) is 8.66. The summed E-state index contributed by atoms with van der Waals surface area (Å²) in [6, 6.07) is 0. The van der Waals surface area contributed by atoms with Crippen LogP contribution in [0.2, 0.25) is 0 Å². The smallest absolute Gasteiger partial charge is 0.00308 e. The van der Waals surface area contributed by atoms with Gasteiger partial charge in [0, 0.05) is 0 Å². The Morgan fingerprint density at radius 1 is 0.909 bits per heavy atom. The highest BCUT2D eigenvalue weighted by Crippen LogP contribution is 2.05. The van der Waals surface area contributed by atoms with Gasteiger partial charge in [-0.25, -0.2) is 0 Å². The van der Waals surface area contributed by atoms with Crippen molar-refractivity contribution in [3.05, 3.63) is 24.3 Å². The number of thiocarbonyl (C=S) groups is 1. The van der Waals surface area contributed by atoms with E-state index >= 15 is 0 Å². The molecular formula is C10H14S. The molecule has 0 unspecified atom stereocenters. The molecule has 0 saturated carbocycles. The molecule has 0 radical (unpaired) electrons. The van der Waals surface area contributed by atoms with E-state index in [4.69, 9.17) is 12.2 Å². The molecule has 0 amide bonds. The number of hydrogen-bond acceptors (Lipinski definition) is 1. The van der Waals surface area contributed by atoms with E-state index < -0.39 is 0 Å². The molecular weight excluding hydrogens is 152 g/mol. The molecule has 1 aliphatic rings. The van der Waals surface area contributed by atoms with E-state index in [1.807, 2.05) is 0 Å². The Morgan fingerprint density at radius 2 is 1.55 bits per heavy atom. The Bertz CT molecular complexity index is 177. The van der Waals surface area contributed by atoms with Crippen molar-refractivity contribution >= 4 is 17.1 Å². The first-order valence-corrected chi connectivity index (χ1v) is 4.62. The molecule has 0 spiro atoms. The molecule has 0 atom stereocenters. The molecule has 1 rings (SSSR count). The molecule has 0 aromatic carbocycles. The van der Waals surface area contributed by atoms with Gasteiger partial charge in [-0.15, -0.1) is 0 Å². The minimum absolute atomic E-state index is 1.00. The summed E-state index contributed by atoms with van der Waals surface area (Å²) in [6.45, 7) is 0. The predicted molar refractivity (Wildman–Crippen MR) is 54.0 cm³/mol. The third-order valence-corrected chi connectivity index (χ3v) is 2.14. The molecule has 0 nitrogen and oxygen atoms in total. The predicted octanol–water partition coefficient (Wildman–Crippen LogP) is 3.43. The fourth-order valence-electron chi connectivity index (χ4n) is 1.11. The Kier molecular flexibility index (Phi) is 4.14. The molecule has 0 aliphatic heterocycles. The summed E-state index contributed by atoms with van der Waals surface area (Å²) in [5.41, 5.74) is 0.